The molecule has 0 aromatic carbocycles. The second kappa shape index (κ2) is 3.10. The molecule has 1 aliphatic rings. The number of carbonyl (C=O) groups is 1. The van der Waals surface area contributed by atoms with Gasteiger partial charge < -0.3 is 14.2 Å². The summed E-state index contributed by atoms with van der Waals surface area (Å²) in [4.78, 5) is 15.1. The topological polar surface area (TPSA) is 57.1 Å². The zero-order chi connectivity index (χ0) is 9.19. The first-order valence-electron chi connectivity index (χ1n) is 3.47. The Labute approximate surface area is 70.3 Å². The molecule has 0 bridgehead atoms. The number of aliphatic imine (C=N–C) groups is 1. The average molecular weight is 173 g/mol. The lowest BCUT2D eigenvalue weighted by Gasteiger charge is -2.18. The van der Waals surface area contributed by atoms with Crippen LogP contribution in [0.15, 0.2) is 4.99 Å². The van der Waals surface area contributed by atoms with E-state index in [9.17, 15) is 4.79 Å². The van der Waals surface area contributed by atoms with E-state index in [0.717, 1.165) is 0 Å². The predicted octanol–water partition coefficient (Wildman–Crippen LogP) is -0.0493. The maximum atomic E-state index is 11.2. The van der Waals surface area contributed by atoms with Crippen LogP contribution in [0, 0.1) is 0 Å². The Bertz CT molecular complexity index is 225. The van der Waals surface area contributed by atoms with Crippen molar-refractivity contribution in [2.24, 2.45) is 4.99 Å². The van der Waals surface area contributed by atoms with E-state index in [2.05, 4.69) is 9.73 Å². The average Bonchev–Trinajstić information content (AvgIpc) is 2.47. The molecule has 5 nitrogen and oxygen atoms in total. The lowest BCUT2D eigenvalue weighted by Crippen LogP contribution is -2.41. The molecule has 68 valence electrons. The van der Waals surface area contributed by atoms with Crippen molar-refractivity contribution in [3.8, 4) is 0 Å². The summed E-state index contributed by atoms with van der Waals surface area (Å²) in [6.45, 7) is 1.74. The highest BCUT2D eigenvalue weighted by molar-refractivity contribution is 5.86. The number of nitrogens with zero attached hydrogens (tertiary/aromatic N) is 1. The Kier molecular flexibility index (Phi) is 2.32. The van der Waals surface area contributed by atoms with Crippen molar-refractivity contribution >= 4 is 11.9 Å². The summed E-state index contributed by atoms with van der Waals surface area (Å²) >= 11 is 0. The number of methoxy groups -OCH3 is 2. The Hall–Kier alpha value is -1.10. The predicted molar refractivity (Wildman–Crippen MR) is 40.8 cm³/mol. The van der Waals surface area contributed by atoms with Gasteiger partial charge in [-0.3, -0.25) is 0 Å². The van der Waals surface area contributed by atoms with E-state index in [1.807, 2.05) is 0 Å². The summed E-state index contributed by atoms with van der Waals surface area (Å²) in [5, 5.41) is 0. The molecule has 1 aliphatic heterocycles. The monoisotopic (exact) mass is 173 g/mol. The molecule has 0 radical (unpaired) electrons. The standard InChI is InChI=1S/C7H11NO4/c1-5-8-7(11-3,4-12-5)6(9)10-2/h4H2,1-3H3. The molecular weight excluding hydrogens is 162 g/mol. The van der Waals surface area contributed by atoms with Gasteiger partial charge in [0.05, 0.1) is 7.11 Å². The first-order chi connectivity index (χ1) is 5.64. The first-order valence-corrected chi connectivity index (χ1v) is 3.47. The molecule has 1 rings (SSSR count). The van der Waals surface area contributed by atoms with Crippen molar-refractivity contribution in [1.29, 1.82) is 0 Å². The minimum absolute atomic E-state index is 0.0853. The summed E-state index contributed by atoms with van der Waals surface area (Å²) < 4.78 is 14.5. The Morgan fingerprint density at radius 1 is 1.67 bits per heavy atom. The van der Waals surface area contributed by atoms with Crippen LogP contribution in [0.1, 0.15) is 6.92 Å². The minimum atomic E-state index is -1.28. The normalized spacial score (nSPS) is 27.8. The van der Waals surface area contributed by atoms with Gasteiger partial charge in [-0.05, 0) is 0 Å². The van der Waals surface area contributed by atoms with Crippen LogP contribution < -0.4 is 0 Å². The highest BCUT2D eigenvalue weighted by Crippen LogP contribution is 2.20. The molecule has 0 spiro atoms. The second-order valence-electron chi connectivity index (χ2n) is 2.40. The minimum Gasteiger partial charge on any atom is -0.475 e. The number of rotatable bonds is 2. The number of hydrogen-bond acceptors (Lipinski definition) is 5. The third-order valence-corrected chi connectivity index (χ3v) is 1.66. The van der Waals surface area contributed by atoms with E-state index in [4.69, 9.17) is 9.47 Å². The van der Waals surface area contributed by atoms with Gasteiger partial charge in [0.15, 0.2) is 12.5 Å². The van der Waals surface area contributed by atoms with Crippen LogP contribution in [0.5, 0.6) is 0 Å². The molecule has 0 aliphatic carbocycles. The molecule has 1 heterocycles. The van der Waals surface area contributed by atoms with Crippen LogP contribution in [0.3, 0.4) is 0 Å². The molecule has 0 amide bonds. The molecule has 0 aromatic rings. The van der Waals surface area contributed by atoms with E-state index in [1.165, 1.54) is 14.2 Å². The zero-order valence-electron chi connectivity index (χ0n) is 7.29. The third-order valence-electron chi connectivity index (χ3n) is 1.66. The molecule has 1 unspecified atom stereocenters. The van der Waals surface area contributed by atoms with Gasteiger partial charge in [0.25, 0.3) is 5.72 Å². The van der Waals surface area contributed by atoms with Gasteiger partial charge >= 0.3 is 5.97 Å². The van der Waals surface area contributed by atoms with Crippen molar-refractivity contribution in [1.82, 2.24) is 0 Å². The molecule has 1 atom stereocenters. The highest BCUT2D eigenvalue weighted by atomic mass is 16.6. The molecule has 0 saturated heterocycles. The lowest BCUT2D eigenvalue weighted by atomic mass is 10.2. The first kappa shape index (κ1) is 8.99. The van der Waals surface area contributed by atoms with Crippen LogP contribution in [0.2, 0.25) is 0 Å². The van der Waals surface area contributed by atoms with Crippen molar-refractivity contribution < 1.29 is 19.0 Å². The van der Waals surface area contributed by atoms with Crippen molar-refractivity contribution in [2.75, 3.05) is 20.8 Å². The largest absolute Gasteiger partial charge is 0.475 e. The SMILES string of the molecule is COC(=O)C1(OC)COC(C)=N1. The molecule has 0 fully saturated rings. The van der Waals surface area contributed by atoms with Gasteiger partial charge in [-0.1, -0.05) is 0 Å². The van der Waals surface area contributed by atoms with Crippen LogP contribution in [-0.2, 0) is 19.0 Å². The number of carbonyl (C=O) groups excluding carboxylic acids is 1. The Morgan fingerprint density at radius 2 is 2.33 bits per heavy atom. The van der Waals surface area contributed by atoms with E-state index >= 15 is 0 Å². The van der Waals surface area contributed by atoms with Gasteiger partial charge in [0, 0.05) is 14.0 Å². The third kappa shape index (κ3) is 1.27. The van der Waals surface area contributed by atoms with Crippen molar-refractivity contribution in [3.63, 3.8) is 0 Å². The summed E-state index contributed by atoms with van der Waals surface area (Å²) in [5.41, 5.74) is -1.28. The molecule has 0 N–H and O–H groups in total. The van der Waals surface area contributed by atoms with Gasteiger partial charge in [0.1, 0.15) is 0 Å². The maximum absolute atomic E-state index is 11.2. The summed E-state index contributed by atoms with van der Waals surface area (Å²) in [5.74, 6) is -0.107. The maximum Gasteiger partial charge on any atom is 0.365 e. The quantitative estimate of drug-likeness (QED) is 0.549. The highest BCUT2D eigenvalue weighted by Gasteiger charge is 2.44. The summed E-state index contributed by atoms with van der Waals surface area (Å²) in [6.07, 6.45) is 0. The number of hydrogen-bond donors (Lipinski definition) is 0. The van der Waals surface area contributed by atoms with Crippen LogP contribution in [-0.4, -0.2) is 38.4 Å². The fourth-order valence-corrected chi connectivity index (χ4v) is 0.973. The zero-order valence-corrected chi connectivity index (χ0v) is 7.29. The van der Waals surface area contributed by atoms with Crippen molar-refractivity contribution in [3.05, 3.63) is 0 Å². The van der Waals surface area contributed by atoms with Crippen LogP contribution in [0.25, 0.3) is 0 Å². The fourth-order valence-electron chi connectivity index (χ4n) is 0.973. The van der Waals surface area contributed by atoms with Crippen LogP contribution in [0.4, 0.5) is 0 Å². The van der Waals surface area contributed by atoms with Crippen molar-refractivity contribution in [2.45, 2.75) is 12.6 Å². The van der Waals surface area contributed by atoms with Gasteiger partial charge in [-0.25, -0.2) is 9.79 Å². The fraction of sp³-hybridized carbons (Fsp3) is 0.714. The van der Waals surface area contributed by atoms with E-state index in [1.54, 1.807) is 6.92 Å². The summed E-state index contributed by atoms with van der Waals surface area (Å²) in [7, 11) is 2.68. The van der Waals surface area contributed by atoms with E-state index in [-0.39, 0.29) is 6.61 Å². The van der Waals surface area contributed by atoms with Gasteiger partial charge in [-0.15, -0.1) is 0 Å². The Morgan fingerprint density at radius 3 is 2.67 bits per heavy atom. The number of esters is 1. The molecule has 0 aromatic heterocycles. The Balaban J connectivity index is 2.85. The van der Waals surface area contributed by atoms with E-state index < -0.39 is 11.7 Å². The van der Waals surface area contributed by atoms with Gasteiger partial charge in [0.2, 0.25) is 0 Å². The molecule has 0 saturated carbocycles. The van der Waals surface area contributed by atoms with E-state index in [0.29, 0.717) is 5.90 Å². The number of ether oxygens (including phenoxy) is 3. The molecule has 12 heavy (non-hydrogen) atoms. The lowest BCUT2D eigenvalue weighted by molar-refractivity contribution is -0.166. The van der Waals surface area contributed by atoms with Gasteiger partial charge in [-0.2, -0.15) is 0 Å². The smallest absolute Gasteiger partial charge is 0.365 e. The van der Waals surface area contributed by atoms with Crippen LogP contribution >= 0.6 is 0 Å². The molecular formula is C7H11NO4. The molecule has 5 heteroatoms. The second-order valence-corrected chi connectivity index (χ2v) is 2.40. The summed E-state index contributed by atoms with van der Waals surface area (Å²) in [6, 6.07) is 0.